The number of benzene rings is 2. The zero-order valence-electron chi connectivity index (χ0n) is 13.8. The summed E-state index contributed by atoms with van der Waals surface area (Å²) < 4.78 is 5.16. The normalized spacial score (nSPS) is 10.5. The van der Waals surface area contributed by atoms with E-state index in [0.717, 1.165) is 11.3 Å². The average Bonchev–Trinajstić information content (AvgIpc) is 2.63. The minimum absolute atomic E-state index is 0.0171. The van der Waals surface area contributed by atoms with E-state index in [9.17, 15) is 10.1 Å². The minimum Gasteiger partial charge on any atom is -0.497 e. The van der Waals surface area contributed by atoms with Crippen molar-refractivity contribution in [2.24, 2.45) is 0 Å². The van der Waals surface area contributed by atoms with Crippen LogP contribution in [0.4, 0.5) is 11.4 Å². The Labute approximate surface area is 144 Å². The molecular formula is C18H16N4O3. The number of hydrogen-bond acceptors (Lipinski definition) is 6. The summed E-state index contributed by atoms with van der Waals surface area (Å²) in [6, 6.07) is 13.5. The number of nitrogens with zero attached hydrogens (tertiary/aromatic N) is 3. The van der Waals surface area contributed by atoms with Crippen LogP contribution in [0.2, 0.25) is 0 Å². The number of methoxy groups -OCH3 is 1. The number of nitro groups is 1. The highest BCUT2D eigenvalue weighted by Gasteiger charge is 2.15. The van der Waals surface area contributed by atoms with Gasteiger partial charge < -0.3 is 10.5 Å². The van der Waals surface area contributed by atoms with Crippen LogP contribution in [0.5, 0.6) is 5.75 Å². The lowest BCUT2D eigenvalue weighted by Gasteiger charge is -2.12. The first kappa shape index (κ1) is 16.4. The Morgan fingerprint density at radius 2 is 1.44 bits per heavy atom. The highest BCUT2D eigenvalue weighted by molar-refractivity contribution is 5.84. The SMILES string of the molecule is COc1ccc(-c2nc(C)nc(-c3ccc([N+](=O)[O-])cc3)c2N)cc1. The van der Waals surface area contributed by atoms with E-state index in [2.05, 4.69) is 9.97 Å². The van der Waals surface area contributed by atoms with E-state index in [1.54, 1.807) is 26.2 Å². The van der Waals surface area contributed by atoms with Crippen LogP contribution in [0.1, 0.15) is 5.82 Å². The summed E-state index contributed by atoms with van der Waals surface area (Å²) in [6.07, 6.45) is 0. The lowest BCUT2D eigenvalue weighted by molar-refractivity contribution is -0.384. The van der Waals surface area contributed by atoms with Gasteiger partial charge in [-0.05, 0) is 43.3 Å². The van der Waals surface area contributed by atoms with Crippen molar-refractivity contribution in [3.63, 3.8) is 0 Å². The fourth-order valence-corrected chi connectivity index (χ4v) is 2.51. The third-order valence-electron chi connectivity index (χ3n) is 3.77. The molecule has 0 saturated carbocycles. The first-order valence-electron chi connectivity index (χ1n) is 7.53. The van der Waals surface area contributed by atoms with Gasteiger partial charge in [0, 0.05) is 23.3 Å². The molecule has 2 N–H and O–H groups in total. The molecule has 0 radical (unpaired) electrons. The molecule has 0 aliphatic carbocycles. The number of anilines is 1. The zero-order valence-corrected chi connectivity index (χ0v) is 13.8. The first-order chi connectivity index (χ1) is 12.0. The number of rotatable bonds is 4. The lowest BCUT2D eigenvalue weighted by atomic mass is 10.0. The number of non-ortho nitro benzene ring substituents is 1. The van der Waals surface area contributed by atoms with Crippen molar-refractivity contribution in [3.8, 4) is 28.3 Å². The lowest BCUT2D eigenvalue weighted by Crippen LogP contribution is -2.02. The molecule has 7 heteroatoms. The molecule has 0 atom stereocenters. The number of ether oxygens (including phenoxy) is 1. The second-order valence-electron chi connectivity index (χ2n) is 5.41. The Balaban J connectivity index is 2.09. The molecule has 25 heavy (non-hydrogen) atoms. The highest BCUT2D eigenvalue weighted by Crippen LogP contribution is 2.33. The number of aryl methyl sites for hydroxylation is 1. The fourth-order valence-electron chi connectivity index (χ4n) is 2.51. The Kier molecular flexibility index (Phi) is 4.30. The van der Waals surface area contributed by atoms with Gasteiger partial charge in [0.15, 0.2) is 0 Å². The molecular weight excluding hydrogens is 320 g/mol. The zero-order chi connectivity index (χ0) is 18.0. The third-order valence-corrected chi connectivity index (χ3v) is 3.77. The van der Waals surface area contributed by atoms with E-state index in [1.165, 1.54) is 12.1 Å². The van der Waals surface area contributed by atoms with E-state index < -0.39 is 4.92 Å². The van der Waals surface area contributed by atoms with Crippen LogP contribution in [-0.4, -0.2) is 22.0 Å². The maximum atomic E-state index is 10.8. The molecule has 126 valence electrons. The second kappa shape index (κ2) is 6.56. The molecule has 7 nitrogen and oxygen atoms in total. The maximum Gasteiger partial charge on any atom is 0.269 e. The topological polar surface area (TPSA) is 104 Å². The predicted octanol–water partition coefficient (Wildman–Crippen LogP) is 3.62. The molecule has 0 unspecified atom stereocenters. The fraction of sp³-hybridized carbons (Fsp3) is 0.111. The van der Waals surface area contributed by atoms with E-state index in [-0.39, 0.29) is 5.69 Å². The van der Waals surface area contributed by atoms with Gasteiger partial charge in [0.25, 0.3) is 5.69 Å². The smallest absolute Gasteiger partial charge is 0.269 e. The molecule has 1 aromatic heterocycles. The summed E-state index contributed by atoms with van der Waals surface area (Å²) >= 11 is 0. The molecule has 0 aliphatic rings. The number of nitrogens with two attached hydrogens (primary N) is 1. The van der Waals surface area contributed by atoms with Gasteiger partial charge in [-0.1, -0.05) is 0 Å². The number of nitro benzene ring substituents is 1. The van der Waals surface area contributed by atoms with Gasteiger partial charge in [0.05, 0.1) is 29.1 Å². The van der Waals surface area contributed by atoms with Crippen LogP contribution in [0.25, 0.3) is 22.5 Å². The van der Waals surface area contributed by atoms with Crippen LogP contribution in [0, 0.1) is 17.0 Å². The van der Waals surface area contributed by atoms with Crippen molar-refractivity contribution in [2.45, 2.75) is 6.92 Å². The van der Waals surface area contributed by atoms with Crippen molar-refractivity contribution in [2.75, 3.05) is 12.8 Å². The van der Waals surface area contributed by atoms with Gasteiger partial charge in [0.2, 0.25) is 0 Å². The summed E-state index contributed by atoms with van der Waals surface area (Å²) in [5.74, 6) is 1.30. The van der Waals surface area contributed by atoms with Gasteiger partial charge in [0.1, 0.15) is 11.6 Å². The standard InChI is InChI=1S/C18H16N4O3/c1-11-20-17(12-3-7-14(8-4-12)22(23)24)16(19)18(21-11)13-5-9-15(25-2)10-6-13/h3-10H,19H2,1-2H3. The molecule has 3 rings (SSSR count). The van der Waals surface area contributed by atoms with E-state index in [4.69, 9.17) is 10.5 Å². The quantitative estimate of drug-likeness (QED) is 0.576. The molecule has 2 aromatic carbocycles. The molecule has 1 heterocycles. The number of nitrogen functional groups attached to an aromatic ring is 1. The highest BCUT2D eigenvalue weighted by atomic mass is 16.6. The molecule has 0 aliphatic heterocycles. The van der Waals surface area contributed by atoms with Gasteiger partial charge in [-0.3, -0.25) is 10.1 Å². The van der Waals surface area contributed by atoms with Crippen molar-refractivity contribution in [1.82, 2.24) is 9.97 Å². The van der Waals surface area contributed by atoms with Crippen LogP contribution >= 0.6 is 0 Å². The average molecular weight is 336 g/mol. The van der Waals surface area contributed by atoms with Gasteiger partial charge in [-0.25, -0.2) is 9.97 Å². The summed E-state index contributed by atoms with van der Waals surface area (Å²) in [4.78, 5) is 19.2. The van der Waals surface area contributed by atoms with Crippen LogP contribution in [0.3, 0.4) is 0 Å². The molecule has 0 spiro atoms. The molecule has 0 amide bonds. The third kappa shape index (κ3) is 3.25. The molecule has 0 bridgehead atoms. The van der Waals surface area contributed by atoms with Crippen molar-refractivity contribution >= 4 is 11.4 Å². The summed E-state index contributed by atoms with van der Waals surface area (Å²) in [5, 5.41) is 10.8. The molecule has 3 aromatic rings. The Morgan fingerprint density at radius 1 is 0.960 bits per heavy atom. The maximum absolute atomic E-state index is 10.8. The predicted molar refractivity (Wildman–Crippen MR) is 95.3 cm³/mol. The molecule has 0 saturated heterocycles. The minimum atomic E-state index is -0.443. The van der Waals surface area contributed by atoms with Crippen LogP contribution < -0.4 is 10.5 Å². The monoisotopic (exact) mass is 336 g/mol. The van der Waals surface area contributed by atoms with Crippen molar-refractivity contribution < 1.29 is 9.66 Å². The second-order valence-corrected chi connectivity index (χ2v) is 5.41. The summed E-state index contributed by atoms with van der Waals surface area (Å²) in [5.41, 5.74) is 9.43. The van der Waals surface area contributed by atoms with E-state index in [0.29, 0.717) is 28.5 Å². The van der Waals surface area contributed by atoms with Gasteiger partial charge >= 0.3 is 0 Å². The Morgan fingerprint density at radius 3 is 1.88 bits per heavy atom. The van der Waals surface area contributed by atoms with Crippen LogP contribution in [0.15, 0.2) is 48.5 Å². The van der Waals surface area contributed by atoms with Crippen molar-refractivity contribution in [3.05, 3.63) is 64.5 Å². The van der Waals surface area contributed by atoms with Gasteiger partial charge in [-0.2, -0.15) is 0 Å². The van der Waals surface area contributed by atoms with E-state index in [1.807, 2.05) is 24.3 Å². The summed E-state index contributed by atoms with van der Waals surface area (Å²) in [6.45, 7) is 1.78. The van der Waals surface area contributed by atoms with Crippen molar-refractivity contribution in [1.29, 1.82) is 0 Å². The first-order valence-corrected chi connectivity index (χ1v) is 7.53. The Bertz CT molecular complexity index is 922. The molecule has 0 fully saturated rings. The largest absolute Gasteiger partial charge is 0.497 e. The summed E-state index contributed by atoms with van der Waals surface area (Å²) in [7, 11) is 1.60. The van der Waals surface area contributed by atoms with E-state index >= 15 is 0 Å². The van der Waals surface area contributed by atoms with Crippen LogP contribution in [-0.2, 0) is 0 Å². The van der Waals surface area contributed by atoms with Gasteiger partial charge in [-0.15, -0.1) is 0 Å². The Hall–Kier alpha value is -3.48. The number of aromatic nitrogens is 2. The number of hydrogen-bond donors (Lipinski definition) is 1.